The summed E-state index contributed by atoms with van der Waals surface area (Å²) in [6.45, 7) is -0.632. The van der Waals surface area contributed by atoms with Crippen LogP contribution in [0.1, 0.15) is 0 Å². The highest BCUT2D eigenvalue weighted by Crippen LogP contribution is 2.16. The summed E-state index contributed by atoms with van der Waals surface area (Å²) in [5, 5.41) is 23.7. The van der Waals surface area contributed by atoms with Gasteiger partial charge in [-0.25, -0.2) is 4.79 Å². The molecule has 7 heteroatoms. The largest absolute Gasteiger partial charge is 0.480 e. The van der Waals surface area contributed by atoms with Gasteiger partial charge < -0.3 is 10.4 Å². The van der Waals surface area contributed by atoms with Crippen molar-refractivity contribution in [3.8, 4) is 0 Å². The van der Waals surface area contributed by atoms with Crippen molar-refractivity contribution in [2.24, 2.45) is 0 Å². The highest BCUT2D eigenvalue weighted by Gasteiger charge is 2.23. The van der Waals surface area contributed by atoms with Crippen LogP contribution in [0.25, 0.3) is 0 Å². The second-order valence-corrected chi connectivity index (χ2v) is 3.48. The predicted molar refractivity (Wildman–Crippen MR) is 51.2 cm³/mol. The maximum absolute atomic E-state index is 10.6. The maximum atomic E-state index is 10.6. The number of anilines is 1. The zero-order valence-electron chi connectivity index (χ0n) is 7.04. The minimum Gasteiger partial charge on any atom is -0.480 e. The summed E-state index contributed by atoms with van der Waals surface area (Å²) in [6, 6.07) is 2.22. The third kappa shape index (κ3) is 3.02. The van der Waals surface area contributed by atoms with Gasteiger partial charge in [0.25, 0.3) is 0 Å². The van der Waals surface area contributed by atoms with E-state index in [9.17, 15) is 14.9 Å². The van der Waals surface area contributed by atoms with E-state index in [1.165, 1.54) is 11.3 Å². The van der Waals surface area contributed by atoms with Crippen LogP contribution in [0.5, 0.6) is 0 Å². The zero-order valence-corrected chi connectivity index (χ0v) is 7.86. The van der Waals surface area contributed by atoms with E-state index in [1.807, 2.05) is 0 Å². The lowest BCUT2D eigenvalue weighted by atomic mass is 10.3. The highest BCUT2D eigenvalue weighted by atomic mass is 32.1. The van der Waals surface area contributed by atoms with E-state index in [1.54, 1.807) is 17.5 Å². The van der Waals surface area contributed by atoms with Crippen LogP contribution in [0.15, 0.2) is 17.5 Å². The van der Waals surface area contributed by atoms with E-state index in [0.717, 1.165) is 0 Å². The van der Waals surface area contributed by atoms with Gasteiger partial charge in [-0.3, -0.25) is 10.1 Å². The maximum Gasteiger partial charge on any atom is 0.333 e. The van der Waals surface area contributed by atoms with Gasteiger partial charge in [0.05, 0.1) is 5.00 Å². The SMILES string of the molecule is O=C(O)[C@H](C[N+](=O)[O-])Nc1cccs1. The Balaban J connectivity index is 2.60. The normalized spacial score (nSPS) is 12.0. The molecule has 2 N–H and O–H groups in total. The lowest BCUT2D eigenvalue weighted by Gasteiger charge is -2.09. The Kier molecular flexibility index (Phi) is 3.41. The van der Waals surface area contributed by atoms with Crippen LogP contribution in [0.3, 0.4) is 0 Å². The van der Waals surface area contributed by atoms with E-state index in [0.29, 0.717) is 5.00 Å². The van der Waals surface area contributed by atoms with Crippen LogP contribution >= 0.6 is 11.3 Å². The summed E-state index contributed by atoms with van der Waals surface area (Å²) in [7, 11) is 0. The molecule has 0 aromatic carbocycles. The van der Waals surface area contributed by atoms with Crippen molar-refractivity contribution in [2.75, 3.05) is 11.9 Å². The summed E-state index contributed by atoms with van der Waals surface area (Å²) >= 11 is 1.30. The molecular formula is C7H8N2O4S. The molecule has 0 bridgehead atoms. The molecule has 1 atom stereocenters. The Morgan fingerprint density at radius 1 is 1.79 bits per heavy atom. The molecular weight excluding hydrogens is 208 g/mol. The molecule has 0 spiro atoms. The average Bonchev–Trinajstić information content (AvgIpc) is 2.54. The molecule has 0 radical (unpaired) electrons. The van der Waals surface area contributed by atoms with Gasteiger partial charge in [0.2, 0.25) is 6.54 Å². The second-order valence-electron chi connectivity index (χ2n) is 2.53. The van der Waals surface area contributed by atoms with Crippen LogP contribution in [-0.2, 0) is 4.79 Å². The minimum atomic E-state index is -1.23. The molecule has 0 saturated heterocycles. The molecule has 0 amide bonds. The summed E-state index contributed by atoms with van der Waals surface area (Å²) in [5.74, 6) is -1.23. The van der Waals surface area contributed by atoms with Crippen molar-refractivity contribution < 1.29 is 14.8 Å². The molecule has 0 aliphatic heterocycles. The van der Waals surface area contributed by atoms with Crippen LogP contribution in [0.4, 0.5) is 5.00 Å². The quantitative estimate of drug-likeness (QED) is 0.563. The summed E-state index contributed by atoms with van der Waals surface area (Å²) in [5.41, 5.74) is 0. The van der Waals surface area contributed by atoms with Gasteiger partial charge in [0.15, 0.2) is 6.04 Å². The fourth-order valence-electron chi connectivity index (χ4n) is 0.867. The number of nitrogens with zero attached hydrogens (tertiary/aromatic N) is 1. The summed E-state index contributed by atoms with van der Waals surface area (Å²) in [4.78, 5) is 20.1. The Morgan fingerprint density at radius 3 is 2.93 bits per heavy atom. The van der Waals surface area contributed by atoms with Gasteiger partial charge in [-0.05, 0) is 17.5 Å². The van der Waals surface area contributed by atoms with E-state index in [2.05, 4.69) is 5.32 Å². The van der Waals surface area contributed by atoms with Gasteiger partial charge in [0.1, 0.15) is 0 Å². The molecule has 1 rings (SSSR count). The standard InChI is InChI=1S/C7H8N2O4S/c10-7(11)5(4-9(12)13)8-6-2-1-3-14-6/h1-3,5,8H,4H2,(H,10,11)/t5-/m0/s1. The second kappa shape index (κ2) is 4.56. The Hall–Kier alpha value is -1.63. The van der Waals surface area contributed by atoms with Gasteiger partial charge >= 0.3 is 5.97 Å². The molecule has 0 unspecified atom stereocenters. The van der Waals surface area contributed by atoms with Gasteiger partial charge in [0, 0.05) is 4.92 Å². The topological polar surface area (TPSA) is 92.5 Å². The molecule has 1 heterocycles. The average molecular weight is 216 g/mol. The van der Waals surface area contributed by atoms with Crippen molar-refractivity contribution in [3.63, 3.8) is 0 Å². The number of nitro groups is 1. The number of carboxylic acids is 1. The van der Waals surface area contributed by atoms with Crippen molar-refractivity contribution in [1.82, 2.24) is 0 Å². The van der Waals surface area contributed by atoms with E-state index < -0.39 is 23.5 Å². The van der Waals surface area contributed by atoms with Crippen LogP contribution < -0.4 is 5.32 Å². The number of thiophene rings is 1. The first-order chi connectivity index (χ1) is 6.59. The first-order valence-corrected chi connectivity index (χ1v) is 4.62. The number of rotatable bonds is 5. The lowest BCUT2D eigenvalue weighted by Crippen LogP contribution is -2.35. The van der Waals surface area contributed by atoms with Crippen molar-refractivity contribution >= 4 is 22.3 Å². The number of carboxylic acid groups (broad SMARTS) is 1. The monoisotopic (exact) mass is 216 g/mol. The van der Waals surface area contributed by atoms with E-state index in [-0.39, 0.29) is 0 Å². The Bertz CT molecular complexity index is 324. The van der Waals surface area contributed by atoms with Crippen molar-refractivity contribution in [3.05, 3.63) is 27.6 Å². The number of aliphatic carboxylic acids is 1. The number of carbonyl (C=O) groups is 1. The number of hydrogen-bond donors (Lipinski definition) is 2. The molecule has 1 aromatic rings. The molecule has 0 fully saturated rings. The molecule has 0 saturated carbocycles. The van der Waals surface area contributed by atoms with Crippen molar-refractivity contribution in [1.29, 1.82) is 0 Å². The number of nitrogens with one attached hydrogen (secondary N) is 1. The lowest BCUT2D eigenvalue weighted by molar-refractivity contribution is -0.480. The third-order valence-corrected chi connectivity index (χ3v) is 2.27. The molecule has 6 nitrogen and oxygen atoms in total. The number of hydrogen-bond acceptors (Lipinski definition) is 5. The van der Waals surface area contributed by atoms with E-state index in [4.69, 9.17) is 5.11 Å². The molecule has 14 heavy (non-hydrogen) atoms. The third-order valence-electron chi connectivity index (χ3n) is 1.47. The molecule has 1 aromatic heterocycles. The first kappa shape index (κ1) is 10.5. The summed E-state index contributed by atoms with van der Waals surface area (Å²) < 4.78 is 0. The zero-order chi connectivity index (χ0) is 10.6. The Labute approximate surface area is 83.3 Å². The molecule has 0 aliphatic carbocycles. The fraction of sp³-hybridized carbons (Fsp3) is 0.286. The van der Waals surface area contributed by atoms with Crippen LogP contribution in [-0.4, -0.2) is 28.6 Å². The fourth-order valence-corrected chi connectivity index (χ4v) is 1.54. The molecule has 0 aliphatic rings. The summed E-state index contributed by atoms with van der Waals surface area (Å²) in [6.07, 6.45) is 0. The Morgan fingerprint density at radius 2 is 2.50 bits per heavy atom. The van der Waals surface area contributed by atoms with Gasteiger partial charge in [-0.2, -0.15) is 0 Å². The van der Waals surface area contributed by atoms with Crippen LogP contribution in [0.2, 0.25) is 0 Å². The van der Waals surface area contributed by atoms with E-state index >= 15 is 0 Å². The van der Waals surface area contributed by atoms with Gasteiger partial charge in [-0.1, -0.05) is 0 Å². The van der Waals surface area contributed by atoms with Crippen LogP contribution in [0, 0.1) is 10.1 Å². The minimum absolute atomic E-state index is 0.610. The molecule has 76 valence electrons. The first-order valence-electron chi connectivity index (χ1n) is 3.74. The predicted octanol–water partition coefficient (Wildman–Crippen LogP) is 0.890. The van der Waals surface area contributed by atoms with Crippen molar-refractivity contribution in [2.45, 2.75) is 6.04 Å². The highest BCUT2D eigenvalue weighted by molar-refractivity contribution is 7.14. The van der Waals surface area contributed by atoms with Gasteiger partial charge in [-0.15, -0.1) is 11.3 Å². The smallest absolute Gasteiger partial charge is 0.333 e.